The molecule has 3 saturated carbocycles. The topological polar surface area (TPSA) is 473 Å². The molecule has 3 aromatic rings. The number of alkyl carbamates (subject to hydrolysis) is 3. The van der Waals surface area contributed by atoms with Gasteiger partial charge in [0.2, 0.25) is 50.2 Å². The van der Waals surface area contributed by atoms with Crippen LogP contribution >= 0.6 is 22.3 Å². The summed E-state index contributed by atoms with van der Waals surface area (Å²) < 4.78 is 78.8. The van der Waals surface area contributed by atoms with Crippen molar-refractivity contribution in [1.82, 2.24) is 61.3 Å². The Morgan fingerprint density at radius 2 is 0.716 bits per heavy atom. The summed E-state index contributed by atoms with van der Waals surface area (Å²) in [7, 11) is -11.9. The fraction of sp³-hybridized carbons (Fsp3) is 0.644. The van der Waals surface area contributed by atoms with Gasteiger partial charge in [-0.3, -0.25) is 57.2 Å². The molecular formula is C101H145N12O25P3. The monoisotopic (exact) mass is 2020 g/mol. The predicted molar refractivity (Wildman–Crippen MR) is 523 cm³/mol. The van der Waals surface area contributed by atoms with Gasteiger partial charge in [-0.05, 0) is 150 Å². The number of carbonyl (C=O) groups is 12. The summed E-state index contributed by atoms with van der Waals surface area (Å²) in [6, 6.07) is 11.7. The summed E-state index contributed by atoms with van der Waals surface area (Å²) in [5.41, 5.74) is 7.86. The first-order valence-corrected chi connectivity index (χ1v) is 55.4. The maximum atomic E-state index is 14.3. The van der Waals surface area contributed by atoms with E-state index < -0.39 is 199 Å². The van der Waals surface area contributed by atoms with E-state index in [0.717, 1.165) is 110 Å². The first-order chi connectivity index (χ1) is 66.5. The minimum Gasteiger partial charge on any atom is -0.450 e. The molecule has 40 heteroatoms. The summed E-state index contributed by atoms with van der Waals surface area (Å²) >= 11 is 0. The molecule has 3 unspecified atom stereocenters. The van der Waals surface area contributed by atoms with Gasteiger partial charge in [-0.2, -0.15) is 0 Å². The minimum atomic E-state index is -4.33. The number of carbonyl (C=O) groups excluding carboxylic acids is 12. The third-order valence-corrected chi connectivity index (χ3v) is 36.7. The van der Waals surface area contributed by atoms with Crippen LogP contribution < -0.4 is 31.9 Å². The van der Waals surface area contributed by atoms with Crippen LogP contribution in [-0.4, -0.2) is 245 Å². The van der Waals surface area contributed by atoms with E-state index in [1.165, 1.54) is 44.1 Å². The molecule has 0 radical (unpaired) electrons. The summed E-state index contributed by atoms with van der Waals surface area (Å²) in [5, 5.41) is 12.1. The summed E-state index contributed by atoms with van der Waals surface area (Å²) in [4.78, 5) is 205. The SMILES string of the molecule is C=C[C@@H]1C[C@]1(NC(=O)[C@@H]1C[C@@H]2CN1C(=O)[C@H](C(C)(C)C)NC(=O)OCCCCCCc1cccc3c1CN(C3)C(=O)O2)P(=O)(O)CC.C=C[C@@H]1C[C@]1(NC(=O)[C@@H]1C[C@@H]2CN1C(=O)[C@H](C(C)(C)C)NC(=O)OCCCCCCc1cccc3c1CN(C3)C(=O)O2)P(=O)(O)OCC.C=C[C@@H]1C[C@]1(NC(=O)[C@@H]1C[C@@H]2CN1C(=O)[C@H](C(C)(C)C)NC(=O)OCCCCCCc1cccc3c1CN(C3)C(=O)O2)P(C)(=O)O. The van der Waals surface area contributed by atoms with Gasteiger partial charge >= 0.3 is 44.2 Å². The Bertz CT molecular complexity index is 5400. The van der Waals surface area contributed by atoms with Gasteiger partial charge in [-0.1, -0.05) is 181 Å². The van der Waals surface area contributed by atoms with Crippen molar-refractivity contribution in [3.63, 3.8) is 0 Å². The van der Waals surface area contributed by atoms with Crippen molar-refractivity contribution < 1.29 is 119 Å². The van der Waals surface area contributed by atoms with E-state index >= 15 is 0 Å². The molecule has 12 amide bonds. The van der Waals surface area contributed by atoms with Crippen LogP contribution in [0.4, 0.5) is 28.8 Å². The van der Waals surface area contributed by atoms with Crippen LogP contribution in [0.5, 0.6) is 0 Å². The highest BCUT2D eigenvalue weighted by Gasteiger charge is 2.69. The third kappa shape index (κ3) is 24.6. The highest BCUT2D eigenvalue weighted by atomic mass is 31.2. The summed E-state index contributed by atoms with van der Waals surface area (Å²) in [6.07, 6.45) is 11.9. The van der Waals surface area contributed by atoms with E-state index in [1.54, 1.807) is 103 Å². The number of fused-ring (bicyclic) bond motifs is 9. The number of rotatable bonds is 15. The zero-order chi connectivity index (χ0) is 102. The van der Waals surface area contributed by atoms with Crippen LogP contribution in [0, 0.1) is 34.0 Å². The zero-order valence-electron chi connectivity index (χ0n) is 83.6. The largest absolute Gasteiger partial charge is 0.450 e. The quantitative estimate of drug-likeness (QED) is 0.0388. The third-order valence-electron chi connectivity index (χ3n) is 29.6. The van der Waals surface area contributed by atoms with Crippen molar-refractivity contribution in [2.75, 3.05) is 58.9 Å². The molecule has 0 aromatic heterocycles. The Balaban J connectivity index is 0.000000178. The molecule has 9 N–H and O–H groups in total. The Kier molecular flexibility index (Phi) is 33.9. The first kappa shape index (κ1) is 108. The minimum absolute atomic E-state index is 0.00660. The molecule has 141 heavy (non-hydrogen) atoms. The van der Waals surface area contributed by atoms with Gasteiger partial charge in [0.05, 0.1) is 46.1 Å². The van der Waals surface area contributed by atoms with E-state index in [-0.39, 0.29) is 90.7 Å². The number of nitrogens with zero attached hydrogens (tertiary/aromatic N) is 6. The van der Waals surface area contributed by atoms with Crippen molar-refractivity contribution in [3.8, 4) is 0 Å². The Morgan fingerprint density at radius 1 is 0.433 bits per heavy atom. The lowest BCUT2D eigenvalue weighted by Crippen LogP contribution is -2.58. The maximum Gasteiger partial charge on any atom is 0.410 e. The zero-order valence-corrected chi connectivity index (χ0v) is 86.3. The van der Waals surface area contributed by atoms with Gasteiger partial charge in [0, 0.05) is 89.1 Å². The molecule has 18 atom stereocenters. The second-order valence-corrected chi connectivity index (χ2v) is 50.4. The fourth-order valence-electron chi connectivity index (χ4n) is 21.1. The Morgan fingerprint density at radius 3 is 1.00 bits per heavy atom. The molecule has 6 fully saturated rings. The number of cyclic esters (lactones) is 3. The normalized spacial score (nSPS) is 30.0. The molecule has 37 nitrogen and oxygen atoms in total. The fourth-order valence-corrected chi connectivity index (χ4v) is 26.4. The molecule has 3 saturated heterocycles. The number of aryl methyl sites for hydroxylation is 3. The van der Waals surface area contributed by atoms with E-state index in [2.05, 4.69) is 69.8 Å². The molecule has 12 bridgehead atoms. The number of benzene rings is 3. The Hall–Kier alpha value is -10.2. The first-order valence-electron chi connectivity index (χ1n) is 49.9. The van der Waals surface area contributed by atoms with Gasteiger partial charge < -0.3 is 94.2 Å². The molecule has 9 aliphatic heterocycles. The molecule has 3 aromatic carbocycles. The van der Waals surface area contributed by atoms with Gasteiger partial charge in [0.15, 0.2) is 0 Å². The van der Waals surface area contributed by atoms with Crippen molar-refractivity contribution >= 4 is 94.3 Å². The van der Waals surface area contributed by atoms with Crippen LogP contribution in [0.3, 0.4) is 0 Å². The average molecular weight is 2020 g/mol. The number of ether oxygens (including phenoxy) is 6. The van der Waals surface area contributed by atoms with Crippen LogP contribution in [-0.2, 0) is 134 Å². The number of amides is 12. The molecule has 9 heterocycles. The summed E-state index contributed by atoms with van der Waals surface area (Å²) in [5.74, 6) is -4.86. The van der Waals surface area contributed by atoms with Crippen molar-refractivity contribution in [2.45, 2.75) is 321 Å². The van der Waals surface area contributed by atoms with Gasteiger partial charge in [-0.25, -0.2) is 28.8 Å². The van der Waals surface area contributed by atoms with Gasteiger partial charge in [0.1, 0.15) is 70.4 Å². The molecule has 0 spiro atoms. The van der Waals surface area contributed by atoms with E-state index in [1.807, 2.05) is 36.4 Å². The average Bonchev–Trinajstić information content (AvgIpc) is 1.59. The number of hydrogen-bond acceptors (Lipinski definition) is 22. The lowest BCUT2D eigenvalue weighted by molar-refractivity contribution is -0.142. The lowest BCUT2D eigenvalue weighted by Gasteiger charge is -2.35. The lowest BCUT2D eigenvalue weighted by atomic mass is 9.85. The molecule has 3 aliphatic carbocycles. The van der Waals surface area contributed by atoms with Crippen LogP contribution in [0.2, 0.25) is 0 Å². The number of hydrogen-bond donors (Lipinski definition) is 9. The maximum absolute atomic E-state index is 14.3. The smallest absolute Gasteiger partial charge is 0.410 e. The standard InChI is InChI=1S/C34H49N4O9P.C34H49N4O8P.C33H47N4O8P/c1-6-24-18-34(24,48(43,44)46-7-2)36-29(39)27-17-25-20-38(27)30(40)28(33(3,4)5)35-31(41)45-16-11-9-8-10-13-22-14-12-15-23-19-37(21-26(22)23)32(42)47-25;1-6-24-18-34(24,47(43,44)7-2)36-29(39)27-17-25-20-38(27)30(40)28(33(3,4)5)35-31(41)45-16-11-9-8-10-13-22-14-12-15-23-19-37(21-26(22)23)32(42)46-25;1-6-23-17-33(23,46(5,42)43)35-28(38)26-16-24-19-37(26)29(39)27(32(2,3)4)34-30(40)44-15-10-8-7-9-12-21-13-11-14-22-18-36(20-25(21)22)31(41)45-24/h6,12,14-15,24-25,27-28H,1,7-11,13,16-21H2,2-5H3,(H,35,41)(H,36,39)(H,43,44);6,12,14-15,24-25,27-28H,1,7-11,13,16-21H2,2-5H3,(H,35,41)(H,36,39)(H,43,44);6,11,13-14,23-24,26-27H,1,7-10,12,15-20H2,2-5H3,(H,34,40)(H,35,38)(H,42,43)/t2*24-,25-,27+,28-,34+;23-,24-,26+,27-,33+/m111/s1. The molecule has 15 rings (SSSR count). The molecule has 12 aliphatic rings. The molecular weight excluding hydrogens is 1870 g/mol. The number of nitrogens with one attached hydrogen (secondary N) is 6. The van der Waals surface area contributed by atoms with Gasteiger partial charge in [-0.15, -0.1) is 19.7 Å². The van der Waals surface area contributed by atoms with E-state index in [9.17, 15) is 85.9 Å². The van der Waals surface area contributed by atoms with Crippen molar-refractivity contribution in [1.29, 1.82) is 0 Å². The van der Waals surface area contributed by atoms with Crippen molar-refractivity contribution in [3.05, 3.63) is 143 Å². The van der Waals surface area contributed by atoms with Crippen LogP contribution in [0.15, 0.2) is 92.6 Å². The summed E-state index contributed by atoms with van der Waals surface area (Å²) in [6.45, 7) is 34.5. The van der Waals surface area contributed by atoms with Crippen molar-refractivity contribution in [2.24, 2.45) is 34.0 Å². The predicted octanol–water partition coefficient (Wildman–Crippen LogP) is 13.6. The van der Waals surface area contributed by atoms with Crippen LogP contribution in [0.25, 0.3) is 0 Å². The second-order valence-electron chi connectivity index (χ2n) is 42.9. The molecule has 774 valence electrons. The van der Waals surface area contributed by atoms with Gasteiger partial charge in [0.25, 0.3) is 0 Å². The highest BCUT2D eigenvalue weighted by Crippen LogP contribution is 2.71. The van der Waals surface area contributed by atoms with E-state index in [4.69, 9.17) is 32.9 Å². The second kappa shape index (κ2) is 44.2. The van der Waals surface area contributed by atoms with Crippen LogP contribution in [0.1, 0.15) is 242 Å². The Labute approximate surface area is 826 Å². The van der Waals surface area contributed by atoms with E-state index in [0.29, 0.717) is 58.5 Å². The highest BCUT2D eigenvalue weighted by molar-refractivity contribution is 7.60.